The molecule has 144 valence electrons. The van der Waals surface area contributed by atoms with Gasteiger partial charge in [-0.15, -0.1) is 0 Å². The lowest BCUT2D eigenvalue weighted by Gasteiger charge is -2.17. The van der Waals surface area contributed by atoms with Gasteiger partial charge in [-0.05, 0) is 48.6 Å². The van der Waals surface area contributed by atoms with Crippen LogP contribution < -0.4 is 5.32 Å². The van der Waals surface area contributed by atoms with Crippen molar-refractivity contribution < 1.29 is 14.3 Å². The number of ether oxygens (including phenoxy) is 1. The van der Waals surface area contributed by atoms with Gasteiger partial charge in [0.2, 0.25) is 5.91 Å². The SMILES string of the molecule is CCOC(=O)CCC(=O)NC(CC)Cc1ccc(-c2cccc(Cl)c2)cc1. The molecule has 0 heterocycles. The van der Waals surface area contributed by atoms with E-state index in [-0.39, 0.29) is 30.8 Å². The molecule has 27 heavy (non-hydrogen) atoms. The number of hydrogen-bond donors (Lipinski definition) is 1. The van der Waals surface area contributed by atoms with E-state index in [2.05, 4.69) is 29.6 Å². The Labute approximate surface area is 165 Å². The van der Waals surface area contributed by atoms with Crippen LogP contribution in [0.5, 0.6) is 0 Å². The van der Waals surface area contributed by atoms with Gasteiger partial charge >= 0.3 is 5.97 Å². The van der Waals surface area contributed by atoms with E-state index in [4.69, 9.17) is 16.3 Å². The van der Waals surface area contributed by atoms with Crippen molar-refractivity contribution in [1.82, 2.24) is 5.32 Å². The third-order valence-electron chi connectivity index (χ3n) is 4.31. The molecular weight excluding hydrogens is 362 g/mol. The van der Waals surface area contributed by atoms with E-state index < -0.39 is 0 Å². The van der Waals surface area contributed by atoms with Crippen molar-refractivity contribution in [2.24, 2.45) is 0 Å². The van der Waals surface area contributed by atoms with Crippen molar-refractivity contribution in [2.75, 3.05) is 6.61 Å². The molecule has 5 heteroatoms. The lowest BCUT2D eigenvalue weighted by atomic mass is 9.99. The zero-order valence-corrected chi connectivity index (χ0v) is 16.6. The number of carbonyl (C=O) groups excluding carboxylic acids is 2. The molecule has 0 saturated carbocycles. The topological polar surface area (TPSA) is 55.4 Å². The Bertz CT molecular complexity index is 758. The van der Waals surface area contributed by atoms with Crippen LogP contribution in [0.4, 0.5) is 0 Å². The lowest BCUT2D eigenvalue weighted by Crippen LogP contribution is -2.36. The van der Waals surface area contributed by atoms with Crippen LogP contribution >= 0.6 is 11.6 Å². The van der Waals surface area contributed by atoms with Crippen molar-refractivity contribution >= 4 is 23.5 Å². The average Bonchev–Trinajstić information content (AvgIpc) is 2.66. The number of rotatable bonds is 9. The second kappa shape index (κ2) is 10.7. The maximum absolute atomic E-state index is 12.1. The largest absolute Gasteiger partial charge is 0.466 e. The van der Waals surface area contributed by atoms with Crippen molar-refractivity contribution in [3.63, 3.8) is 0 Å². The van der Waals surface area contributed by atoms with E-state index in [1.807, 2.05) is 31.2 Å². The molecule has 0 aliphatic rings. The summed E-state index contributed by atoms with van der Waals surface area (Å²) in [5.74, 6) is -0.456. The molecule has 0 aromatic heterocycles. The van der Waals surface area contributed by atoms with Gasteiger partial charge in [0.1, 0.15) is 0 Å². The van der Waals surface area contributed by atoms with Crippen LogP contribution in [0.1, 0.15) is 38.7 Å². The molecule has 0 saturated heterocycles. The van der Waals surface area contributed by atoms with Crippen LogP contribution in [0.25, 0.3) is 11.1 Å². The summed E-state index contributed by atoms with van der Waals surface area (Å²) in [4.78, 5) is 23.4. The maximum atomic E-state index is 12.1. The number of halogens is 1. The molecule has 2 aromatic carbocycles. The van der Waals surface area contributed by atoms with Crippen LogP contribution in [0.15, 0.2) is 48.5 Å². The molecule has 0 aliphatic carbocycles. The predicted octanol–water partition coefficient (Wildman–Crippen LogP) is 4.79. The van der Waals surface area contributed by atoms with Crippen LogP contribution in [-0.2, 0) is 20.7 Å². The highest BCUT2D eigenvalue weighted by molar-refractivity contribution is 6.30. The summed E-state index contributed by atoms with van der Waals surface area (Å²) in [5.41, 5.74) is 3.33. The van der Waals surface area contributed by atoms with Crippen molar-refractivity contribution in [2.45, 2.75) is 45.6 Å². The minimum atomic E-state index is -0.336. The fourth-order valence-corrected chi connectivity index (χ4v) is 3.02. The third kappa shape index (κ3) is 7.06. The van der Waals surface area contributed by atoms with Gasteiger partial charge in [0.25, 0.3) is 0 Å². The first-order valence-electron chi connectivity index (χ1n) is 9.31. The minimum Gasteiger partial charge on any atom is -0.466 e. The number of hydrogen-bond acceptors (Lipinski definition) is 3. The fraction of sp³-hybridized carbons (Fsp3) is 0.364. The Hall–Kier alpha value is -2.33. The highest BCUT2D eigenvalue weighted by Crippen LogP contribution is 2.23. The Morgan fingerprint density at radius 2 is 1.78 bits per heavy atom. The summed E-state index contributed by atoms with van der Waals surface area (Å²) in [6, 6.07) is 16.1. The third-order valence-corrected chi connectivity index (χ3v) is 4.55. The highest BCUT2D eigenvalue weighted by atomic mass is 35.5. The molecule has 4 nitrogen and oxygen atoms in total. The molecule has 0 fully saturated rings. The van der Waals surface area contributed by atoms with E-state index in [1.165, 1.54) is 0 Å². The first-order valence-corrected chi connectivity index (χ1v) is 9.69. The molecule has 1 atom stereocenters. The van der Waals surface area contributed by atoms with Crippen molar-refractivity contribution in [3.8, 4) is 11.1 Å². The Balaban J connectivity index is 1.90. The quantitative estimate of drug-likeness (QED) is 0.629. The Morgan fingerprint density at radius 3 is 2.41 bits per heavy atom. The number of esters is 1. The van der Waals surface area contributed by atoms with Crippen LogP contribution in [0.3, 0.4) is 0 Å². The molecule has 1 N–H and O–H groups in total. The van der Waals surface area contributed by atoms with Crippen molar-refractivity contribution in [1.29, 1.82) is 0 Å². The van der Waals surface area contributed by atoms with Crippen LogP contribution in [0.2, 0.25) is 5.02 Å². The zero-order chi connectivity index (χ0) is 19.6. The van der Waals surface area contributed by atoms with Gasteiger partial charge in [-0.2, -0.15) is 0 Å². The molecule has 0 spiro atoms. The first kappa shape index (κ1) is 21.0. The summed E-state index contributed by atoms with van der Waals surface area (Å²) in [5, 5.41) is 3.72. The van der Waals surface area contributed by atoms with Crippen LogP contribution in [0, 0.1) is 0 Å². The van der Waals surface area contributed by atoms with E-state index in [0.29, 0.717) is 11.6 Å². The standard InChI is InChI=1S/C22H26ClNO3/c1-3-20(24-21(25)12-13-22(26)27-4-2)14-16-8-10-17(11-9-16)18-6-5-7-19(23)15-18/h5-11,15,20H,3-4,12-14H2,1-2H3,(H,24,25). The zero-order valence-electron chi connectivity index (χ0n) is 15.8. The van der Waals surface area contributed by atoms with Gasteiger partial charge in [0.15, 0.2) is 0 Å². The Morgan fingerprint density at radius 1 is 1.04 bits per heavy atom. The summed E-state index contributed by atoms with van der Waals surface area (Å²) >= 11 is 6.06. The minimum absolute atomic E-state index is 0.0386. The van der Waals surface area contributed by atoms with E-state index in [0.717, 1.165) is 29.5 Å². The molecule has 0 bridgehead atoms. The second-order valence-corrected chi connectivity index (χ2v) is 6.83. The first-order chi connectivity index (χ1) is 13.0. The summed E-state index contributed by atoms with van der Waals surface area (Å²) in [6.07, 6.45) is 1.84. The highest BCUT2D eigenvalue weighted by Gasteiger charge is 2.13. The lowest BCUT2D eigenvalue weighted by molar-refractivity contribution is -0.144. The van der Waals surface area contributed by atoms with Gasteiger partial charge in [0.05, 0.1) is 13.0 Å². The molecular formula is C22H26ClNO3. The number of benzene rings is 2. The smallest absolute Gasteiger partial charge is 0.306 e. The normalized spacial score (nSPS) is 11.7. The summed E-state index contributed by atoms with van der Waals surface area (Å²) in [7, 11) is 0. The van der Waals surface area contributed by atoms with Gasteiger partial charge in [-0.1, -0.05) is 54.9 Å². The van der Waals surface area contributed by atoms with Gasteiger partial charge in [-0.3, -0.25) is 9.59 Å². The number of carbonyl (C=O) groups is 2. The Kier molecular flexibility index (Phi) is 8.34. The summed E-state index contributed by atoms with van der Waals surface area (Å²) < 4.78 is 4.85. The molecule has 2 aromatic rings. The molecule has 1 unspecified atom stereocenters. The maximum Gasteiger partial charge on any atom is 0.306 e. The number of nitrogens with one attached hydrogen (secondary N) is 1. The molecule has 0 radical (unpaired) electrons. The van der Waals surface area contributed by atoms with E-state index in [9.17, 15) is 9.59 Å². The van der Waals surface area contributed by atoms with Gasteiger partial charge in [0, 0.05) is 17.5 Å². The molecule has 0 aliphatic heterocycles. The van der Waals surface area contributed by atoms with Gasteiger partial charge in [-0.25, -0.2) is 0 Å². The van der Waals surface area contributed by atoms with E-state index in [1.54, 1.807) is 6.92 Å². The van der Waals surface area contributed by atoms with Crippen molar-refractivity contribution in [3.05, 3.63) is 59.1 Å². The monoisotopic (exact) mass is 387 g/mol. The summed E-state index contributed by atoms with van der Waals surface area (Å²) in [6.45, 7) is 4.13. The average molecular weight is 388 g/mol. The molecule has 1 amide bonds. The number of amides is 1. The van der Waals surface area contributed by atoms with Crippen LogP contribution in [-0.4, -0.2) is 24.5 Å². The van der Waals surface area contributed by atoms with E-state index >= 15 is 0 Å². The second-order valence-electron chi connectivity index (χ2n) is 6.39. The fourth-order valence-electron chi connectivity index (χ4n) is 2.83. The van der Waals surface area contributed by atoms with Gasteiger partial charge < -0.3 is 10.1 Å². The predicted molar refractivity (Wildman–Crippen MR) is 109 cm³/mol. The molecule has 2 rings (SSSR count).